The van der Waals surface area contributed by atoms with Crippen LogP contribution in [-0.4, -0.2) is 26.3 Å². The first-order valence-electron chi connectivity index (χ1n) is 8.05. The Labute approximate surface area is 151 Å². The molecule has 0 aliphatic rings. The van der Waals surface area contributed by atoms with Gasteiger partial charge in [0.25, 0.3) is 0 Å². The van der Waals surface area contributed by atoms with Gasteiger partial charge < -0.3 is 5.32 Å². The number of thioether (sulfide) groups is 1. The van der Waals surface area contributed by atoms with Crippen molar-refractivity contribution in [2.24, 2.45) is 0 Å². The van der Waals surface area contributed by atoms with Crippen molar-refractivity contribution in [3.8, 4) is 11.4 Å². The Morgan fingerprint density at radius 2 is 1.64 bits per heavy atom. The van der Waals surface area contributed by atoms with Crippen LogP contribution in [0, 0.1) is 13.8 Å². The molecular weight excluding hydrogens is 332 g/mol. The SMILES string of the molecule is Cc1ccc(NC(=O)[C@@H](C)Sc2n[nH]c(-c3ccc(C)cc3)n2)cc1. The number of hydrogen-bond acceptors (Lipinski definition) is 4. The lowest BCUT2D eigenvalue weighted by Gasteiger charge is -2.10. The predicted molar refractivity (Wildman–Crippen MR) is 102 cm³/mol. The average Bonchev–Trinajstić information content (AvgIpc) is 3.06. The Balaban J connectivity index is 1.62. The van der Waals surface area contributed by atoms with E-state index < -0.39 is 0 Å². The fourth-order valence-corrected chi connectivity index (χ4v) is 2.96. The largest absolute Gasteiger partial charge is 0.325 e. The number of anilines is 1. The van der Waals surface area contributed by atoms with Gasteiger partial charge in [-0.05, 0) is 32.9 Å². The molecule has 25 heavy (non-hydrogen) atoms. The number of benzene rings is 2. The van der Waals surface area contributed by atoms with E-state index in [1.807, 2.05) is 69.3 Å². The summed E-state index contributed by atoms with van der Waals surface area (Å²) in [5.41, 5.74) is 4.11. The molecule has 128 valence electrons. The number of H-pyrrole nitrogens is 1. The van der Waals surface area contributed by atoms with Gasteiger partial charge in [0.1, 0.15) is 0 Å². The van der Waals surface area contributed by atoms with E-state index in [0.29, 0.717) is 11.0 Å². The van der Waals surface area contributed by atoms with Crippen LogP contribution < -0.4 is 5.32 Å². The van der Waals surface area contributed by atoms with Crippen molar-refractivity contribution in [1.82, 2.24) is 15.2 Å². The number of amides is 1. The molecule has 0 saturated carbocycles. The van der Waals surface area contributed by atoms with Gasteiger partial charge in [-0.25, -0.2) is 4.98 Å². The monoisotopic (exact) mass is 352 g/mol. The van der Waals surface area contributed by atoms with Crippen LogP contribution in [0.25, 0.3) is 11.4 Å². The van der Waals surface area contributed by atoms with Crippen LogP contribution in [0.4, 0.5) is 5.69 Å². The lowest BCUT2D eigenvalue weighted by Crippen LogP contribution is -2.22. The van der Waals surface area contributed by atoms with Crippen LogP contribution in [0.1, 0.15) is 18.1 Å². The molecular formula is C19H20N4OS. The first kappa shape index (κ1) is 17.2. The van der Waals surface area contributed by atoms with E-state index >= 15 is 0 Å². The number of carbonyl (C=O) groups is 1. The molecule has 0 radical (unpaired) electrons. The number of aryl methyl sites for hydroxylation is 2. The topological polar surface area (TPSA) is 70.7 Å². The summed E-state index contributed by atoms with van der Waals surface area (Å²) in [6, 6.07) is 15.8. The molecule has 0 aliphatic carbocycles. The number of carbonyl (C=O) groups excluding carboxylic acids is 1. The minimum absolute atomic E-state index is 0.0736. The molecule has 1 amide bonds. The smallest absolute Gasteiger partial charge is 0.237 e. The van der Waals surface area contributed by atoms with Crippen LogP contribution in [-0.2, 0) is 4.79 Å². The van der Waals surface area contributed by atoms with Crippen LogP contribution in [0.3, 0.4) is 0 Å². The van der Waals surface area contributed by atoms with E-state index in [1.165, 1.54) is 17.3 Å². The fraction of sp³-hybridized carbons (Fsp3) is 0.211. The number of aromatic amines is 1. The third-order valence-electron chi connectivity index (χ3n) is 3.76. The number of nitrogens with zero attached hydrogens (tertiary/aromatic N) is 2. The fourth-order valence-electron chi connectivity index (χ4n) is 2.23. The van der Waals surface area contributed by atoms with E-state index in [-0.39, 0.29) is 11.2 Å². The van der Waals surface area contributed by atoms with Crippen LogP contribution in [0.2, 0.25) is 0 Å². The lowest BCUT2D eigenvalue weighted by atomic mass is 10.1. The molecule has 1 aromatic heterocycles. The molecule has 2 aromatic carbocycles. The standard InChI is InChI=1S/C19H20N4OS/c1-12-4-8-15(9-5-12)17-21-19(23-22-17)25-14(3)18(24)20-16-10-6-13(2)7-11-16/h4-11,14H,1-3H3,(H,20,24)(H,21,22,23)/t14-/m1/s1. The zero-order valence-electron chi connectivity index (χ0n) is 14.4. The van der Waals surface area contributed by atoms with E-state index in [2.05, 4.69) is 20.5 Å². The molecule has 6 heteroatoms. The van der Waals surface area contributed by atoms with Crippen molar-refractivity contribution in [2.45, 2.75) is 31.2 Å². The molecule has 5 nitrogen and oxygen atoms in total. The quantitative estimate of drug-likeness (QED) is 0.675. The Kier molecular flexibility index (Phi) is 5.19. The molecule has 3 rings (SSSR count). The van der Waals surface area contributed by atoms with Gasteiger partial charge in [-0.15, -0.1) is 5.10 Å². The van der Waals surface area contributed by atoms with Crippen molar-refractivity contribution in [2.75, 3.05) is 5.32 Å². The predicted octanol–water partition coefficient (Wildman–Crippen LogP) is 4.21. The van der Waals surface area contributed by atoms with Crippen molar-refractivity contribution in [1.29, 1.82) is 0 Å². The third-order valence-corrected chi connectivity index (χ3v) is 4.72. The van der Waals surface area contributed by atoms with Gasteiger partial charge in [0.15, 0.2) is 5.82 Å². The average molecular weight is 352 g/mol. The summed E-state index contributed by atoms with van der Waals surface area (Å²) in [6.45, 7) is 5.90. The summed E-state index contributed by atoms with van der Waals surface area (Å²) < 4.78 is 0. The Bertz CT molecular complexity index is 856. The summed E-state index contributed by atoms with van der Waals surface area (Å²) in [5, 5.41) is 10.3. The molecule has 3 aromatic rings. The molecule has 1 atom stereocenters. The van der Waals surface area contributed by atoms with Crippen molar-refractivity contribution < 1.29 is 4.79 Å². The van der Waals surface area contributed by atoms with Gasteiger partial charge in [-0.1, -0.05) is 59.3 Å². The number of nitrogens with one attached hydrogen (secondary N) is 2. The zero-order valence-corrected chi connectivity index (χ0v) is 15.2. The number of rotatable bonds is 5. The maximum atomic E-state index is 12.3. The Morgan fingerprint density at radius 3 is 2.28 bits per heavy atom. The molecule has 1 heterocycles. The maximum Gasteiger partial charge on any atom is 0.237 e. The molecule has 0 spiro atoms. The summed E-state index contributed by atoms with van der Waals surface area (Å²) in [7, 11) is 0. The second-order valence-corrected chi connectivity index (χ2v) is 7.26. The second-order valence-electron chi connectivity index (χ2n) is 5.95. The first-order valence-corrected chi connectivity index (χ1v) is 8.93. The van der Waals surface area contributed by atoms with E-state index in [4.69, 9.17) is 0 Å². The van der Waals surface area contributed by atoms with E-state index in [1.54, 1.807) is 0 Å². The van der Waals surface area contributed by atoms with E-state index in [0.717, 1.165) is 16.8 Å². The highest BCUT2D eigenvalue weighted by Gasteiger charge is 2.17. The maximum absolute atomic E-state index is 12.3. The molecule has 2 N–H and O–H groups in total. The van der Waals surface area contributed by atoms with Gasteiger partial charge in [-0.2, -0.15) is 0 Å². The van der Waals surface area contributed by atoms with Gasteiger partial charge in [0.2, 0.25) is 11.1 Å². The first-order chi connectivity index (χ1) is 12.0. The minimum atomic E-state index is -0.303. The lowest BCUT2D eigenvalue weighted by molar-refractivity contribution is -0.115. The highest BCUT2D eigenvalue weighted by Crippen LogP contribution is 2.23. The van der Waals surface area contributed by atoms with Gasteiger partial charge in [-0.3, -0.25) is 9.89 Å². The van der Waals surface area contributed by atoms with Crippen molar-refractivity contribution in [3.05, 3.63) is 59.7 Å². The normalized spacial score (nSPS) is 12.0. The van der Waals surface area contributed by atoms with Crippen LogP contribution in [0.15, 0.2) is 53.7 Å². The van der Waals surface area contributed by atoms with E-state index in [9.17, 15) is 4.79 Å². The van der Waals surface area contributed by atoms with Gasteiger partial charge in [0, 0.05) is 11.3 Å². The number of hydrogen-bond donors (Lipinski definition) is 2. The van der Waals surface area contributed by atoms with Crippen molar-refractivity contribution in [3.63, 3.8) is 0 Å². The molecule has 0 saturated heterocycles. The summed E-state index contributed by atoms with van der Waals surface area (Å²) in [4.78, 5) is 16.8. The molecule has 0 bridgehead atoms. The summed E-state index contributed by atoms with van der Waals surface area (Å²) in [5.74, 6) is 0.629. The highest BCUT2D eigenvalue weighted by molar-refractivity contribution is 8.00. The molecule has 0 aliphatic heterocycles. The van der Waals surface area contributed by atoms with Crippen LogP contribution >= 0.6 is 11.8 Å². The molecule has 0 fully saturated rings. The van der Waals surface area contributed by atoms with Gasteiger partial charge >= 0.3 is 0 Å². The minimum Gasteiger partial charge on any atom is -0.325 e. The third kappa shape index (κ3) is 4.48. The summed E-state index contributed by atoms with van der Waals surface area (Å²) in [6.07, 6.45) is 0. The number of aromatic nitrogens is 3. The summed E-state index contributed by atoms with van der Waals surface area (Å²) >= 11 is 1.33. The Morgan fingerprint density at radius 1 is 1.04 bits per heavy atom. The molecule has 0 unspecified atom stereocenters. The Hall–Kier alpha value is -2.60. The van der Waals surface area contributed by atoms with Gasteiger partial charge in [0.05, 0.1) is 5.25 Å². The van der Waals surface area contributed by atoms with Crippen molar-refractivity contribution >= 4 is 23.4 Å². The highest BCUT2D eigenvalue weighted by atomic mass is 32.2. The van der Waals surface area contributed by atoms with Crippen LogP contribution in [0.5, 0.6) is 0 Å². The second kappa shape index (κ2) is 7.53. The zero-order chi connectivity index (χ0) is 17.8.